The SMILES string of the molecule is CS(=O)(=O)c1ccc2[nH]c3c(c2c1)CNCC3. The van der Waals surface area contributed by atoms with Gasteiger partial charge in [-0.1, -0.05) is 0 Å². The number of nitrogens with one attached hydrogen (secondary N) is 2. The molecule has 2 heterocycles. The number of fused-ring (bicyclic) bond motifs is 3. The van der Waals surface area contributed by atoms with Gasteiger partial charge in [-0.05, 0) is 23.8 Å². The lowest BCUT2D eigenvalue weighted by molar-refractivity contribution is 0.602. The molecule has 0 aliphatic carbocycles. The van der Waals surface area contributed by atoms with Crippen molar-refractivity contribution in [3.8, 4) is 0 Å². The molecule has 0 saturated carbocycles. The molecular formula is C12H14N2O2S. The number of H-pyrrole nitrogens is 1. The lowest BCUT2D eigenvalue weighted by atomic mass is 10.1. The molecule has 2 aromatic rings. The summed E-state index contributed by atoms with van der Waals surface area (Å²) in [5.41, 5.74) is 3.45. The van der Waals surface area contributed by atoms with Crippen molar-refractivity contribution < 1.29 is 8.42 Å². The monoisotopic (exact) mass is 250 g/mol. The van der Waals surface area contributed by atoms with Crippen LogP contribution in [0.3, 0.4) is 0 Å². The Morgan fingerprint density at radius 1 is 1.29 bits per heavy atom. The average molecular weight is 250 g/mol. The van der Waals surface area contributed by atoms with E-state index in [0.717, 1.165) is 30.4 Å². The van der Waals surface area contributed by atoms with Crippen molar-refractivity contribution in [1.82, 2.24) is 10.3 Å². The number of aromatic amines is 1. The second-order valence-electron chi connectivity index (χ2n) is 4.49. The molecule has 4 nitrogen and oxygen atoms in total. The predicted octanol–water partition coefficient (Wildman–Crippen LogP) is 1.22. The van der Waals surface area contributed by atoms with E-state index in [1.165, 1.54) is 17.5 Å². The maximum Gasteiger partial charge on any atom is 0.175 e. The highest BCUT2D eigenvalue weighted by molar-refractivity contribution is 7.90. The summed E-state index contributed by atoms with van der Waals surface area (Å²) in [6, 6.07) is 5.28. The van der Waals surface area contributed by atoms with Crippen molar-refractivity contribution >= 4 is 20.7 Å². The predicted molar refractivity (Wildman–Crippen MR) is 66.8 cm³/mol. The van der Waals surface area contributed by atoms with Crippen LogP contribution in [0.15, 0.2) is 23.1 Å². The van der Waals surface area contributed by atoms with Crippen molar-refractivity contribution in [3.05, 3.63) is 29.5 Å². The first-order valence-corrected chi connectivity index (χ1v) is 7.49. The molecule has 17 heavy (non-hydrogen) atoms. The molecule has 90 valence electrons. The van der Waals surface area contributed by atoms with Gasteiger partial charge in [-0.2, -0.15) is 0 Å². The minimum atomic E-state index is -3.13. The third kappa shape index (κ3) is 1.75. The van der Waals surface area contributed by atoms with E-state index < -0.39 is 9.84 Å². The van der Waals surface area contributed by atoms with Gasteiger partial charge in [0.25, 0.3) is 0 Å². The topological polar surface area (TPSA) is 62.0 Å². The molecule has 5 heteroatoms. The largest absolute Gasteiger partial charge is 0.358 e. The van der Waals surface area contributed by atoms with Gasteiger partial charge < -0.3 is 10.3 Å². The Morgan fingerprint density at radius 3 is 2.88 bits per heavy atom. The van der Waals surface area contributed by atoms with E-state index in [2.05, 4.69) is 10.3 Å². The van der Waals surface area contributed by atoms with Crippen molar-refractivity contribution in [1.29, 1.82) is 0 Å². The van der Waals surface area contributed by atoms with Crippen LogP contribution >= 0.6 is 0 Å². The molecule has 0 spiro atoms. The summed E-state index contributed by atoms with van der Waals surface area (Å²) in [4.78, 5) is 3.75. The fraction of sp³-hybridized carbons (Fsp3) is 0.333. The van der Waals surface area contributed by atoms with Crippen molar-refractivity contribution in [2.45, 2.75) is 17.9 Å². The fourth-order valence-electron chi connectivity index (χ4n) is 2.36. The number of rotatable bonds is 1. The molecule has 0 bridgehead atoms. The zero-order valence-corrected chi connectivity index (χ0v) is 10.4. The first kappa shape index (κ1) is 10.8. The molecule has 1 aromatic carbocycles. The molecule has 0 fully saturated rings. The van der Waals surface area contributed by atoms with E-state index >= 15 is 0 Å². The Bertz CT molecular complexity index is 686. The van der Waals surface area contributed by atoms with Gasteiger partial charge >= 0.3 is 0 Å². The van der Waals surface area contributed by atoms with Crippen LogP contribution < -0.4 is 5.32 Å². The molecule has 1 aliphatic heterocycles. The third-order valence-corrected chi connectivity index (χ3v) is 4.36. The van der Waals surface area contributed by atoms with E-state index in [9.17, 15) is 8.42 Å². The van der Waals surface area contributed by atoms with Crippen LogP contribution in [0.1, 0.15) is 11.3 Å². The zero-order valence-electron chi connectivity index (χ0n) is 9.58. The van der Waals surface area contributed by atoms with Crippen LogP contribution in [-0.4, -0.2) is 26.2 Å². The zero-order chi connectivity index (χ0) is 12.0. The van der Waals surface area contributed by atoms with E-state index in [0.29, 0.717) is 4.90 Å². The first-order chi connectivity index (χ1) is 8.05. The molecule has 0 unspecified atom stereocenters. The number of sulfone groups is 1. The lowest BCUT2D eigenvalue weighted by Gasteiger charge is -2.12. The summed E-state index contributed by atoms with van der Waals surface area (Å²) in [7, 11) is -3.13. The Balaban J connectivity index is 2.28. The van der Waals surface area contributed by atoms with Gasteiger partial charge in [-0.15, -0.1) is 0 Å². The maximum absolute atomic E-state index is 11.5. The van der Waals surface area contributed by atoms with Gasteiger partial charge in [0.05, 0.1) is 4.90 Å². The summed E-state index contributed by atoms with van der Waals surface area (Å²) in [5.74, 6) is 0. The van der Waals surface area contributed by atoms with Gasteiger partial charge in [-0.3, -0.25) is 0 Å². The molecular weight excluding hydrogens is 236 g/mol. The molecule has 0 atom stereocenters. The Hall–Kier alpha value is -1.33. The fourth-order valence-corrected chi connectivity index (χ4v) is 3.00. The van der Waals surface area contributed by atoms with Crippen molar-refractivity contribution in [2.75, 3.05) is 12.8 Å². The van der Waals surface area contributed by atoms with Gasteiger partial charge in [0, 0.05) is 42.4 Å². The molecule has 1 aliphatic rings. The highest BCUT2D eigenvalue weighted by atomic mass is 32.2. The van der Waals surface area contributed by atoms with E-state index in [-0.39, 0.29) is 0 Å². The average Bonchev–Trinajstić information content (AvgIpc) is 2.65. The summed E-state index contributed by atoms with van der Waals surface area (Å²) < 4.78 is 23.1. The van der Waals surface area contributed by atoms with Gasteiger partial charge in [0.15, 0.2) is 9.84 Å². The Kier molecular flexibility index (Phi) is 2.27. The summed E-state index contributed by atoms with van der Waals surface area (Å²) in [5, 5.41) is 4.33. The van der Waals surface area contributed by atoms with E-state index in [1.807, 2.05) is 6.07 Å². The third-order valence-electron chi connectivity index (χ3n) is 3.25. The molecule has 1 aromatic heterocycles. The Morgan fingerprint density at radius 2 is 2.12 bits per heavy atom. The highest BCUT2D eigenvalue weighted by Gasteiger charge is 2.16. The number of hydrogen-bond donors (Lipinski definition) is 2. The van der Waals surface area contributed by atoms with Gasteiger partial charge in [0.2, 0.25) is 0 Å². The summed E-state index contributed by atoms with van der Waals surface area (Å²) in [6.45, 7) is 1.78. The quantitative estimate of drug-likeness (QED) is 0.800. The smallest absolute Gasteiger partial charge is 0.175 e. The second-order valence-corrected chi connectivity index (χ2v) is 6.50. The number of hydrogen-bond acceptors (Lipinski definition) is 3. The lowest BCUT2D eigenvalue weighted by Crippen LogP contribution is -2.22. The molecule has 0 amide bonds. The van der Waals surface area contributed by atoms with Crippen LogP contribution in [0.2, 0.25) is 0 Å². The molecule has 0 saturated heterocycles. The van der Waals surface area contributed by atoms with Crippen LogP contribution in [0.4, 0.5) is 0 Å². The number of benzene rings is 1. The molecule has 0 radical (unpaired) electrons. The number of aromatic nitrogens is 1. The van der Waals surface area contributed by atoms with Crippen LogP contribution in [0.5, 0.6) is 0 Å². The Labute approximate surface area is 100.0 Å². The normalized spacial score (nSPS) is 16.1. The minimum absolute atomic E-state index is 0.386. The molecule has 3 rings (SSSR count). The second kappa shape index (κ2) is 3.58. The van der Waals surface area contributed by atoms with Gasteiger partial charge in [-0.25, -0.2) is 8.42 Å². The van der Waals surface area contributed by atoms with Crippen molar-refractivity contribution in [2.24, 2.45) is 0 Å². The van der Waals surface area contributed by atoms with Crippen LogP contribution in [0, 0.1) is 0 Å². The van der Waals surface area contributed by atoms with E-state index in [4.69, 9.17) is 0 Å². The van der Waals surface area contributed by atoms with Crippen molar-refractivity contribution in [3.63, 3.8) is 0 Å². The van der Waals surface area contributed by atoms with Crippen LogP contribution in [0.25, 0.3) is 10.9 Å². The maximum atomic E-state index is 11.5. The van der Waals surface area contributed by atoms with E-state index in [1.54, 1.807) is 12.1 Å². The first-order valence-electron chi connectivity index (χ1n) is 5.60. The minimum Gasteiger partial charge on any atom is -0.358 e. The molecule has 2 N–H and O–H groups in total. The van der Waals surface area contributed by atoms with Crippen LogP contribution in [-0.2, 0) is 22.8 Å². The summed E-state index contributed by atoms with van der Waals surface area (Å²) in [6.07, 6.45) is 2.21. The van der Waals surface area contributed by atoms with Gasteiger partial charge in [0.1, 0.15) is 0 Å². The summed E-state index contributed by atoms with van der Waals surface area (Å²) >= 11 is 0. The highest BCUT2D eigenvalue weighted by Crippen LogP contribution is 2.27. The standard InChI is InChI=1S/C12H14N2O2S/c1-17(15,16)8-2-3-11-9(6-8)10-7-13-5-4-12(10)14-11/h2-3,6,13-14H,4-5,7H2,1H3.